The van der Waals surface area contributed by atoms with Crippen molar-refractivity contribution >= 4 is 23.7 Å². The fourth-order valence-electron chi connectivity index (χ4n) is 4.92. The third-order valence-corrected chi connectivity index (χ3v) is 7.59. The zero-order valence-electron chi connectivity index (χ0n) is 22.0. The van der Waals surface area contributed by atoms with Crippen molar-refractivity contribution in [3.05, 3.63) is 65.7 Å². The number of cyclic esters (lactones) is 1. The molecule has 10 nitrogen and oxygen atoms in total. The zero-order chi connectivity index (χ0) is 28.1. The third kappa shape index (κ3) is 6.57. The Balaban J connectivity index is 1.67. The highest BCUT2D eigenvalue weighted by Crippen LogP contribution is 2.32. The molecule has 2 aromatic carbocycles. The molecule has 3 amide bonds. The molecule has 1 heterocycles. The molecule has 2 aromatic rings. The number of aliphatic hydroxyl groups is 1. The van der Waals surface area contributed by atoms with E-state index in [4.69, 9.17) is 4.74 Å². The van der Waals surface area contributed by atoms with E-state index >= 15 is 0 Å². The zero-order valence-corrected chi connectivity index (χ0v) is 22.0. The Morgan fingerprint density at radius 1 is 0.974 bits per heavy atom. The van der Waals surface area contributed by atoms with Gasteiger partial charge >= 0.3 is 5.97 Å². The fourth-order valence-corrected chi connectivity index (χ4v) is 4.92. The highest BCUT2D eigenvalue weighted by Gasteiger charge is 2.42. The van der Waals surface area contributed by atoms with E-state index in [0.717, 1.165) is 12.0 Å². The molecule has 2 aliphatic rings. The van der Waals surface area contributed by atoms with Gasteiger partial charge in [0.15, 0.2) is 6.10 Å². The highest BCUT2D eigenvalue weighted by atomic mass is 16.5. The number of benzene rings is 2. The molecule has 208 valence electrons. The summed E-state index contributed by atoms with van der Waals surface area (Å²) in [7, 11) is 0. The Bertz CT molecular complexity index is 1200. The lowest BCUT2D eigenvalue weighted by Crippen LogP contribution is -2.63. The Morgan fingerprint density at radius 3 is 2.28 bits per heavy atom. The summed E-state index contributed by atoms with van der Waals surface area (Å²) in [5.41, 5.74) is 0.781. The number of hydrogen-bond donors (Lipinski definition) is 5. The van der Waals surface area contributed by atoms with Crippen molar-refractivity contribution in [3.8, 4) is 5.75 Å². The minimum Gasteiger partial charge on any atom is -0.507 e. The van der Waals surface area contributed by atoms with E-state index < -0.39 is 59.9 Å². The monoisotopic (exact) mass is 537 g/mol. The van der Waals surface area contributed by atoms with Crippen LogP contribution < -0.4 is 16.0 Å². The van der Waals surface area contributed by atoms with Crippen LogP contribution in [0.2, 0.25) is 0 Å². The molecule has 1 unspecified atom stereocenters. The minimum absolute atomic E-state index is 0.0364. The molecule has 1 saturated carbocycles. The molecule has 4 rings (SSSR count). The summed E-state index contributed by atoms with van der Waals surface area (Å²) in [6.07, 6.45) is 0.116. The molecule has 10 heteroatoms. The van der Waals surface area contributed by atoms with Crippen molar-refractivity contribution in [2.75, 3.05) is 0 Å². The Kier molecular flexibility index (Phi) is 8.86. The lowest BCUT2D eigenvalue weighted by molar-refractivity contribution is -0.169. The second-order valence-electron chi connectivity index (χ2n) is 10.4. The SMILES string of the molecule is C[C@H]1NC(=O)C(C2CCC2)OC(=O)[C@H](C)[C@H](O)[C@H](Cc2ccccc2)NC(=O)[C@H]1NC(=O)c1ccccc1O. The molecule has 0 spiro atoms. The highest BCUT2D eigenvalue weighted by molar-refractivity contribution is 6.00. The largest absolute Gasteiger partial charge is 0.507 e. The van der Waals surface area contributed by atoms with E-state index in [2.05, 4.69) is 16.0 Å². The van der Waals surface area contributed by atoms with Gasteiger partial charge in [-0.2, -0.15) is 0 Å². The van der Waals surface area contributed by atoms with E-state index in [-0.39, 0.29) is 23.7 Å². The van der Waals surface area contributed by atoms with Crippen LogP contribution in [0.15, 0.2) is 54.6 Å². The van der Waals surface area contributed by atoms with Gasteiger partial charge in [-0.15, -0.1) is 0 Å². The number of phenolic OH excluding ortho intramolecular Hbond substituents is 1. The number of rotatable bonds is 5. The van der Waals surface area contributed by atoms with Gasteiger partial charge in [-0.25, -0.2) is 0 Å². The number of esters is 1. The summed E-state index contributed by atoms with van der Waals surface area (Å²) in [5.74, 6) is -4.14. The van der Waals surface area contributed by atoms with Crippen LogP contribution in [0.3, 0.4) is 0 Å². The van der Waals surface area contributed by atoms with Gasteiger partial charge in [0, 0.05) is 5.92 Å². The molecule has 1 aliphatic heterocycles. The Labute approximate surface area is 227 Å². The molecule has 0 bridgehead atoms. The van der Waals surface area contributed by atoms with E-state index in [1.807, 2.05) is 30.3 Å². The number of ether oxygens (including phenoxy) is 1. The summed E-state index contributed by atoms with van der Waals surface area (Å²) in [6, 6.07) is 12.0. The van der Waals surface area contributed by atoms with Crippen molar-refractivity contribution in [1.29, 1.82) is 0 Å². The van der Waals surface area contributed by atoms with E-state index in [1.54, 1.807) is 19.1 Å². The quantitative estimate of drug-likeness (QED) is 0.362. The van der Waals surface area contributed by atoms with Crippen LogP contribution in [0.5, 0.6) is 5.75 Å². The standard InChI is InChI=1S/C29H35N3O7/c1-16-24(34)21(15-18-9-4-3-5-10-18)31-27(36)23(32-26(35)20-13-6-7-14-22(20)33)17(2)30-28(37)25(39-29(16)38)19-11-8-12-19/h3-7,9-10,13-14,16-17,19,21,23-25,33-34H,8,11-12,15H2,1-2H3,(H,30,37)(H,31,36)(H,32,35)/t16-,17-,21+,23+,24+,25?/m1/s1. The van der Waals surface area contributed by atoms with Gasteiger partial charge in [-0.05, 0) is 50.8 Å². The molecule has 2 fully saturated rings. The van der Waals surface area contributed by atoms with Crippen molar-refractivity contribution in [2.24, 2.45) is 11.8 Å². The molecule has 1 aliphatic carbocycles. The number of para-hydroxylation sites is 1. The minimum atomic E-state index is -1.34. The second-order valence-corrected chi connectivity index (χ2v) is 10.4. The molecule has 5 N–H and O–H groups in total. The lowest BCUT2D eigenvalue weighted by atomic mass is 9.80. The van der Waals surface area contributed by atoms with Crippen molar-refractivity contribution in [2.45, 2.75) is 69.9 Å². The van der Waals surface area contributed by atoms with E-state index in [9.17, 15) is 29.4 Å². The van der Waals surface area contributed by atoms with Crippen LogP contribution in [-0.2, 0) is 25.5 Å². The molecule has 39 heavy (non-hydrogen) atoms. The number of nitrogens with one attached hydrogen (secondary N) is 3. The summed E-state index contributed by atoms with van der Waals surface area (Å²) in [4.78, 5) is 53.0. The van der Waals surface area contributed by atoms with Crippen molar-refractivity contribution in [3.63, 3.8) is 0 Å². The summed E-state index contributed by atoms with van der Waals surface area (Å²) in [6.45, 7) is 3.06. The fraction of sp³-hybridized carbons (Fsp3) is 0.448. The summed E-state index contributed by atoms with van der Waals surface area (Å²) < 4.78 is 5.65. The number of aromatic hydroxyl groups is 1. The number of amides is 3. The molecule has 0 aromatic heterocycles. The number of aliphatic hydroxyl groups excluding tert-OH is 1. The normalized spacial score (nSPS) is 28.5. The van der Waals surface area contributed by atoms with Crippen LogP contribution >= 0.6 is 0 Å². The van der Waals surface area contributed by atoms with E-state index in [0.29, 0.717) is 12.8 Å². The second kappa shape index (κ2) is 12.3. The molecule has 6 atom stereocenters. The first-order valence-electron chi connectivity index (χ1n) is 13.3. The van der Waals surface area contributed by atoms with Gasteiger partial charge in [-0.1, -0.05) is 48.9 Å². The van der Waals surface area contributed by atoms with Crippen LogP contribution in [0.4, 0.5) is 0 Å². The predicted octanol–water partition coefficient (Wildman–Crippen LogP) is 1.45. The van der Waals surface area contributed by atoms with E-state index in [1.165, 1.54) is 19.1 Å². The maximum Gasteiger partial charge on any atom is 0.312 e. The smallest absolute Gasteiger partial charge is 0.312 e. The van der Waals surface area contributed by atoms with Gasteiger partial charge in [0.2, 0.25) is 5.91 Å². The maximum absolute atomic E-state index is 13.6. The topological polar surface area (TPSA) is 154 Å². The van der Waals surface area contributed by atoms with Crippen LogP contribution in [-0.4, -0.2) is 64.2 Å². The first-order chi connectivity index (χ1) is 18.7. The van der Waals surface area contributed by atoms with Crippen molar-refractivity contribution in [1.82, 2.24) is 16.0 Å². The first-order valence-corrected chi connectivity index (χ1v) is 13.3. The van der Waals surface area contributed by atoms with Crippen LogP contribution in [0, 0.1) is 11.8 Å². The lowest BCUT2D eigenvalue weighted by Gasteiger charge is -2.37. The summed E-state index contributed by atoms with van der Waals surface area (Å²) >= 11 is 0. The number of carbonyl (C=O) groups excluding carboxylic acids is 4. The number of carbonyl (C=O) groups is 4. The molecule has 1 saturated heterocycles. The third-order valence-electron chi connectivity index (χ3n) is 7.59. The number of phenols is 1. The predicted molar refractivity (Wildman–Crippen MR) is 141 cm³/mol. The summed E-state index contributed by atoms with van der Waals surface area (Å²) in [5, 5.41) is 29.5. The molecular formula is C29H35N3O7. The van der Waals surface area contributed by atoms with Crippen LogP contribution in [0.25, 0.3) is 0 Å². The Hall–Kier alpha value is -3.92. The van der Waals surface area contributed by atoms with Gasteiger partial charge in [0.1, 0.15) is 11.8 Å². The average Bonchev–Trinajstić information content (AvgIpc) is 2.89. The van der Waals surface area contributed by atoms with Gasteiger partial charge in [-0.3, -0.25) is 19.2 Å². The van der Waals surface area contributed by atoms with Crippen molar-refractivity contribution < 1.29 is 34.1 Å². The number of hydrogen-bond acceptors (Lipinski definition) is 7. The Morgan fingerprint density at radius 2 is 1.64 bits per heavy atom. The first kappa shape index (κ1) is 28.1. The van der Waals surface area contributed by atoms with Gasteiger partial charge in [0.05, 0.1) is 29.7 Å². The average molecular weight is 538 g/mol. The maximum atomic E-state index is 13.6. The molecule has 0 radical (unpaired) electrons. The molecular weight excluding hydrogens is 502 g/mol. The van der Waals surface area contributed by atoms with Gasteiger partial charge in [0.25, 0.3) is 11.8 Å². The van der Waals surface area contributed by atoms with Gasteiger partial charge < -0.3 is 30.9 Å². The van der Waals surface area contributed by atoms with Crippen LogP contribution in [0.1, 0.15) is 49.0 Å².